The van der Waals surface area contributed by atoms with Gasteiger partial charge in [0.2, 0.25) is 17.7 Å². The molecule has 6 atom stereocenters. The molecule has 6 rings (SSSR count). The van der Waals surface area contributed by atoms with E-state index in [2.05, 4.69) is 6.08 Å². The summed E-state index contributed by atoms with van der Waals surface area (Å²) < 4.78 is -1.58. The minimum Gasteiger partial charge on any atom is -0.394 e. The van der Waals surface area contributed by atoms with Gasteiger partial charge in [0.05, 0.1) is 29.2 Å². The summed E-state index contributed by atoms with van der Waals surface area (Å²) >= 11 is 1.57. The lowest BCUT2D eigenvalue weighted by Gasteiger charge is -2.38. The maximum atomic E-state index is 14.4. The van der Waals surface area contributed by atoms with Crippen molar-refractivity contribution in [2.75, 3.05) is 19.7 Å². The third-order valence-electron chi connectivity index (χ3n) is 8.83. The van der Waals surface area contributed by atoms with Crippen LogP contribution in [0.25, 0.3) is 0 Å². The molecule has 1 spiro atoms. The highest BCUT2D eigenvalue weighted by Gasteiger charge is 2.74. The van der Waals surface area contributed by atoms with Crippen LogP contribution in [0.15, 0.2) is 85.0 Å². The molecule has 1 unspecified atom stereocenters. The molecular weight excluding hydrogens is 522 g/mol. The molecule has 4 aliphatic heterocycles. The van der Waals surface area contributed by atoms with Gasteiger partial charge in [0, 0.05) is 30.9 Å². The standard InChI is InChI=1S/C32H35N3O4S/c1-22(21-36)35-27-30(39)34(20-24-13-7-4-8-14-24)18-10-16-32(27)26(29(35)38)25-28(37)33(17-9-15-31(25,2)40-32)19-23-11-5-3-6-12-23/h3-16,22,25-27,36H,17-21H2,1-2H3/t22-,25-,26+,27?,31+,32+/m1/s1. The Morgan fingerprint density at radius 2 is 1.38 bits per heavy atom. The lowest BCUT2D eigenvalue weighted by molar-refractivity contribution is -0.147. The van der Waals surface area contributed by atoms with Crippen molar-refractivity contribution >= 4 is 29.5 Å². The Bertz CT molecular complexity index is 1360. The fraction of sp³-hybridized carbons (Fsp3) is 0.406. The minimum absolute atomic E-state index is 0.0671. The van der Waals surface area contributed by atoms with Gasteiger partial charge in [-0.15, -0.1) is 11.8 Å². The van der Waals surface area contributed by atoms with Crippen molar-refractivity contribution in [3.63, 3.8) is 0 Å². The first-order valence-electron chi connectivity index (χ1n) is 13.9. The molecule has 0 aromatic heterocycles. The molecule has 2 aromatic carbocycles. The third-order valence-corrected chi connectivity index (χ3v) is 10.6. The van der Waals surface area contributed by atoms with Crippen LogP contribution in [0.4, 0.5) is 0 Å². The zero-order chi connectivity index (χ0) is 28.1. The quantitative estimate of drug-likeness (QED) is 0.552. The van der Waals surface area contributed by atoms with Gasteiger partial charge in [-0.25, -0.2) is 0 Å². The minimum atomic E-state index is -0.918. The first-order chi connectivity index (χ1) is 19.3. The van der Waals surface area contributed by atoms with Gasteiger partial charge in [-0.3, -0.25) is 14.4 Å². The van der Waals surface area contributed by atoms with E-state index in [9.17, 15) is 19.5 Å². The summed E-state index contributed by atoms with van der Waals surface area (Å²) in [7, 11) is 0. The molecule has 8 heteroatoms. The number of amides is 3. The van der Waals surface area contributed by atoms with Crippen LogP contribution in [0.3, 0.4) is 0 Å². The number of rotatable bonds is 6. The molecule has 4 heterocycles. The maximum Gasteiger partial charge on any atom is 0.247 e. The van der Waals surface area contributed by atoms with Gasteiger partial charge in [-0.05, 0) is 25.0 Å². The van der Waals surface area contributed by atoms with E-state index in [1.165, 1.54) is 0 Å². The van der Waals surface area contributed by atoms with Crippen LogP contribution in [-0.2, 0) is 27.5 Å². The number of aliphatic hydroxyl groups is 1. The van der Waals surface area contributed by atoms with Gasteiger partial charge in [0.1, 0.15) is 6.04 Å². The number of nitrogens with zero attached hydrogens (tertiary/aromatic N) is 3. The highest BCUT2D eigenvalue weighted by molar-refractivity contribution is 8.02. The van der Waals surface area contributed by atoms with Gasteiger partial charge in [0.15, 0.2) is 0 Å². The number of thioether (sulfide) groups is 1. The molecule has 0 saturated carbocycles. The molecule has 2 saturated heterocycles. The monoisotopic (exact) mass is 557 g/mol. The normalized spacial score (nSPS) is 32.0. The molecule has 0 bridgehead atoms. The number of hydrogen-bond acceptors (Lipinski definition) is 5. The smallest absolute Gasteiger partial charge is 0.247 e. The van der Waals surface area contributed by atoms with Crippen molar-refractivity contribution in [2.45, 2.75) is 48.5 Å². The highest BCUT2D eigenvalue weighted by Crippen LogP contribution is 2.65. The van der Waals surface area contributed by atoms with Crippen molar-refractivity contribution in [1.29, 1.82) is 0 Å². The number of carbonyl (C=O) groups excluding carboxylic acids is 3. The van der Waals surface area contributed by atoms with E-state index in [1.807, 2.05) is 90.7 Å². The average molecular weight is 558 g/mol. The number of benzene rings is 2. The second-order valence-electron chi connectivity index (χ2n) is 11.5. The topological polar surface area (TPSA) is 81.2 Å². The van der Waals surface area contributed by atoms with Crippen LogP contribution < -0.4 is 0 Å². The predicted molar refractivity (Wildman–Crippen MR) is 155 cm³/mol. The number of carbonyl (C=O) groups is 3. The fourth-order valence-electron chi connectivity index (χ4n) is 7.01. The van der Waals surface area contributed by atoms with E-state index >= 15 is 0 Å². The van der Waals surface area contributed by atoms with E-state index in [4.69, 9.17) is 0 Å². The van der Waals surface area contributed by atoms with Gasteiger partial charge in [-0.1, -0.05) is 85.0 Å². The van der Waals surface area contributed by atoms with Crippen molar-refractivity contribution in [1.82, 2.24) is 14.7 Å². The van der Waals surface area contributed by atoms with Gasteiger partial charge in [-0.2, -0.15) is 0 Å². The van der Waals surface area contributed by atoms with Crippen LogP contribution in [0.2, 0.25) is 0 Å². The van der Waals surface area contributed by atoms with E-state index in [1.54, 1.807) is 28.5 Å². The summed E-state index contributed by atoms with van der Waals surface area (Å²) in [4.78, 5) is 48.3. The van der Waals surface area contributed by atoms with Crippen molar-refractivity contribution in [3.05, 3.63) is 96.1 Å². The third kappa shape index (κ3) is 4.20. The van der Waals surface area contributed by atoms with E-state index in [0.717, 1.165) is 11.1 Å². The Kier molecular flexibility index (Phi) is 6.87. The molecule has 2 fully saturated rings. The van der Waals surface area contributed by atoms with E-state index in [-0.39, 0.29) is 24.3 Å². The fourth-order valence-corrected chi connectivity index (χ4v) is 9.16. The number of likely N-dealkylation sites (tertiary alicyclic amines) is 1. The summed E-state index contributed by atoms with van der Waals surface area (Å²) in [5.74, 6) is -1.79. The summed E-state index contributed by atoms with van der Waals surface area (Å²) in [5.41, 5.74) is 2.04. The second kappa shape index (κ2) is 10.2. The molecule has 40 heavy (non-hydrogen) atoms. The Morgan fingerprint density at radius 1 is 0.825 bits per heavy atom. The molecule has 1 N–H and O–H groups in total. The predicted octanol–water partition coefficient (Wildman–Crippen LogP) is 3.25. The summed E-state index contributed by atoms with van der Waals surface area (Å²) in [6.45, 7) is 5.30. The maximum absolute atomic E-state index is 14.4. The average Bonchev–Trinajstić information content (AvgIpc) is 3.25. The summed E-state index contributed by atoms with van der Waals surface area (Å²) in [6, 6.07) is 18.3. The number of hydrogen-bond donors (Lipinski definition) is 1. The van der Waals surface area contributed by atoms with Crippen LogP contribution in [-0.4, -0.2) is 78.8 Å². The summed E-state index contributed by atoms with van der Waals surface area (Å²) in [6.07, 6.45) is 8.13. The number of fused-ring (bicyclic) bond motifs is 2. The molecule has 0 radical (unpaired) electrons. The Morgan fingerprint density at radius 3 is 1.95 bits per heavy atom. The second-order valence-corrected chi connectivity index (χ2v) is 13.3. The lowest BCUT2D eigenvalue weighted by Crippen LogP contribution is -2.56. The molecule has 0 aliphatic carbocycles. The van der Waals surface area contributed by atoms with Gasteiger partial charge < -0.3 is 19.8 Å². The Hall–Kier alpha value is -3.36. The zero-order valence-corrected chi connectivity index (χ0v) is 23.7. The molecule has 4 aliphatic rings. The molecule has 208 valence electrons. The molecule has 7 nitrogen and oxygen atoms in total. The van der Waals surface area contributed by atoms with Crippen LogP contribution in [0.5, 0.6) is 0 Å². The molecule has 3 amide bonds. The molecular formula is C32H35N3O4S. The van der Waals surface area contributed by atoms with E-state index in [0.29, 0.717) is 26.2 Å². The zero-order valence-electron chi connectivity index (χ0n) is 22.8. The largest absolute Gasteiger partial charge is 0.394 e. The van der Waals surface area contributed by atoms with Crippen LogP contribution in [0.1, 0.15) is 25.0 Å². The summed E-state index contributed by atoms with van der Waals surface area (Å²) in [5, 5.41) is 10.2. The number of aliphatic hydroxyl groups excluding tert-OH is 1. The van der Waals surface area contributed by atoms with Crippen LogP contribution >= 0.6 is 11.8 Å². The van der Waals surface area contributed by atoms with Gasteiger partial charge in [0.25, 0.3) is 0 Å². The lowest BCUT2D eigenvalue weighted by atomic mass is 9.74. The van der Waals surface area contributed by atoms with Gasteiger partial charge >= 0.3 is 0 Å². The Labute approximate surface area is 239 Å². The van der Waals surface area contributed by atoms with Crippen molar-refractivity contribution in [3.8, 4) is 0 Å². The Balaban J connectivity index is 1.41. The van der Waals surface area contributed by atoms with E-state index < -0.39 is 33.4 Å². The van der Waals surface area contributed by atoms with Crippen molar-refractivity contribution in [2.24, 2.45) is 11.8 Å². The molecule has 2 aromatic rings. The SMILES string of the molecule is C[C@H](CO)N1C(=O)[C@@H]2[C@@H]3C(=O)N(Cc4ccccc4)CC=C[C@]3(C)S[C@@]23C=CCN(Cc2ccccc2)C(=O)C13. The van der Waals surface area contributed by atoms with Crippen LogP contribution in [0, 0.1) is 11.8 Å². The van der Waals surface area contributed by atoms with Crippen molar-refractivity contribution < 1.29 is 19.5 Å². The first kappa shape index (κ1) is 26.8. The highest BCUT2D eigenvalue weighted by atomic mass is 32.2. The first-order valence-corrected chi connectivity index (χ1v) is 14.7.